The highest BCUT2D eigenvalue weighted by Crippen LogP contribution is 2.38. The third-order valence-electron chi connectivity index (χ3n) is 5.91. The van der Waals surface area contributed by atoms with E-state index in [1.807, 2.05) is 0 Å². The van der Waals surface area contributed by atoms with Gasteiger partial charge in [0.25, 0.3) is 5.91 Å². The first-order chi connectivity index (χ1) is 16.0. The number of nitrogens with two attached hydrogens (primary N) is 1. The van der Waals surface area contributed by atoms with Crippen LogP contribution in [-0.4, -0.2) is 79.7 Å². The van der Waals surface area contributed by atoms with Gasteiger partial charge in [-0.05, 0) is 31.0 Å². The molecule has 6 rings (SSSR count). The number of hydrazine groups is 2. The lowest BCUT2D eigenvalue weighted by Gasteiger charge is -2.28. The van der Waals surface area contributed by atoms with Crippen molar-refractivity contribution in [3.63, 3.8) is 0 Å². The Morgan fingerprint density at radius 1 is 1.30 bits per heavy atom. The van der Waals surface area contributed by atoms with Crippen molar-refractivity contribution in [2.45, 2.75) is 31.7 Å². The minimum absolute atomic E-state index is 0.175. The molecule has 0 spiro atoms. The summed E-state index contributed by atoms with van der Waals surface area (Å²) in [5.74, 6) is 6.95. The summed E-state index contributed by atoms with van der Waals surface area (Å²) in [6.45, 7) is 0.736. The van der Waals surface area contributed by atoms with E-state index in [4.69, 9.17) is 15.3 Å². The van der Waals surface area contributed by atoms with Crippen LogP contribution in [0.4, 0.5) is 4.79 Å². The topological polar surface area (TPSA) is 141 Å². The van der Waals surface area contributed by atoms with Gasteiger partial charge in [0, 0.05) is 25.8 Å². The Morgan fingerprint density at radius 2 is 2.15 bits per heavy atom. The molecular formula is C20H22N10O3. The van der Waals surface area contributed by atoms with Gasteiger partial charge < -0.3 is 9.73 Å². The fourth-order valence-electron chi connectivity index (χ4n) is 4.07. The highest BCUT2D eigenvalue weighted by Gasteiger charge is 2.51. The maximum absolute atomic E-state index is 13.0. The first-order valence-electron chi connectivity index (χ1n) is 10.6. The largest absolute Gasteiger partial charge is 0.463 e. The van der Waals surface area contributed by atoms with Gasteiger partial charge in [-0.2, -0.15) is 5.10 Å². The van der Waals surface area contributed by atoms with Crippen LogP contribution in [0.1, 0.15) is 29.1 Å². The molecule has 0 radical (unpaired) electrons. The average Bonchev–Trinajstić information content (AvgIpc) is 3.22. The van der Waals surface area contributed by atoms with E-state index in [1.165, 1.54) is 16.4 Å². The van der Waals surface area contributed by atoms with E-state index in [-0.39, 0.29) is 18.0 Å². The normalized spacial score (nSPS) is 21.7. The molecule has 2 aromatic heterocycles. The van der Waals surface area contributed by atoms with Crippen molar-refractivity contribution in [2.75, 3.05) is 13.6 Å². The van der Waals surface area contributed by atoms with Crippen LogP contribution in [0.25, 0.3) is 5.70 Å². The van der Waals surface area contributed by atoms with Crippen LogP contribution in [0.3, 0.4) is 0 Å². The van der Waals surface area contributed by atoms with E-state index in [1.54, 1.807) is 52.3 Å². The Hall–Kier alpha value is -4.13. The van der Waals surface area contributed by atoms with Crippen molar-refractivity contribution >= 4 is 29.8 Å². The molecule has 1 atom stereocenters. The number of furan rings is 1. The van der Waals surface area contributed by atoms with Gasteiger partial charge >= 0.3 is 6.03 Å². The van der Waals surface area contributed by atoms with E-state index in [0.717, 1.165) is 12.8 Å². The van der Waals surface area contributed by atoms with Crippen molar-refractivity contribution in [2.24, 2.45) is 15.8 Å². The maximum Gasteiger partial charge on any atom is 0.341 e. The number of hydrogen-bond donors (Lipinski definition) is 2. The second kappa shape index (κ2) is 7.20. The zero-order valence-corrected chi connectivity index (χ0v) is 17.8. The van der Waals surface area contributed by atoms with E-state index in [9.17, 15) is 9.59 Å². The van der Waals surface area contributed by atoms with Crippen molar-refractivity contribution in [3.05, 3.63) is 47.8 Å². The molecule has 33 heavy (non-hydrogen) atoms. The lowest BCUT2D eigenvalue weighted by molar-refractivity contribution is 0.0857. The van der Waals surface area contributed by atoms with Crippen LogP contribution in [-0.2, 0) is 6.54 Å². The zero-order chi connectivity index (χ0) is 22.7. The molecule has 1 unspecified atom stereocenters. The summed E-state index contributed by atoms with van der Waals surface area (Å²) in [6, 6.07) is 5.29. The summed E-state index contributed by atoms with van der Waals surface area (Å²) in [4.78, 5) is 36.0. The molecule has 5 heterocycles. The first kappa shape index (κ1) is 19.5. The molecule has 1 aliphatic carbocycles. The molecule has 0 aromatic carbocycles. The summed E-state index contributed by atoms with van der Waals surface area (Å²) in [7, 11) is 1.67. The lowest BCUT2D eigenvalue weighted by Crippen LogP contribution is -2.44. The second-order valence-corrected chi connectivity index (χ2v) is 8.18. The quantitative estimate of drug-likeness (QED) is 0.601. The van der Waals surface area contributed by atoms with Gasteiger partial charge in [-0.25, -0.2) is 35.6 Å². The number of hydrogen-bond acceptors (Lipinski definition) is 9. The van der Waals surface area contributed by atoms with Crippen LogP contribution in [0.5, 0.6) is 0 Å². The molecule has 3 N–H and O–H groups in total. The van der Waals surface area contributed by atoms with Crippen molar-refractivity contribution in [1.29, 1.82) is 0 Å². The Bertz CT molecular complexity index is 1210. The van der Waals surface area contributed by atoms with Crippen molar-refractivity contribution in [1.82, 2.24) is 35.0 Å². The number of nitrogens with zero attached hydrogens (tertiary/aromatic N) is 8. The smallest absolute Gasteiger partial charge is 0.341 e. The Balaban J connectivity index is 1.23. The number of amides is 3. The minimum atomic E-state index is -0.613. The summed E-state index contributed by atoms with van der Waals surface area (Å²) in [5.41, 5.74) is 1.50. The van der Waals surface area contributed by atoms with Crippen molar-refractivity contribution < 1.29 is 14.0 Å². The molecule has 1 saturated carbocycles. The van der Waals surface area contributed by atoms with Crippen LogP contribution >= 0.6 is 0 Å². The number of nitrogens with one attached hydrogen (secondary N) is 1. The fraction of sp³-hybridized carbons (Fsp3) is 0.350. The molecule has 170 valence electrons. The molecule has 2 fully saturated rings. The van der Waals surface area contributed by atoms with Gasteiger partial charge in [0.15, 0.2) is 11.6 Å². The van der Waals surface area contributed by atoms with E-state index < -0.39 is 6.29 Å². The standard InChI is InChI=1S/C20H22N10O3/c1-26-20(32)28(9-8-27-7-6-13(25-27)18(31)23-12-4-5-12)19-24-17-16(30(19)26)15(22-11-29(17)21)14-3-2-10-33-14/h2-3,6-7,10-12,19H,4-5,8-9,21H2,1H3,(H,23,31). The number of urea groups is 1. The molecular weight excluding hydrogens is 428 g/mol. The number of aromatic nitrogens is 2. The number of rotatable bonds is 6. The number of carbonyl (C=O) groups excluding carboxylic acids is 2. The summed E-state index contributed by atoms with van der Waals surface area (Å²) in [5, 5.41) is 11.8. The lowest BCUT2D eigenvalue weighted by atomic mass is 10.2. The molecule has 4 aliphatic rings. The minimum Gasteiger partial charge on any atom is -0.463 e. The van der Waals surface area contributed by atoms with E-state index in [0.29, 0.717) is 41.8 Å². The summed E-state index contributed by atoms with van der Waals surface area (Å²) >= 11 is 0. The highest BCUT2D eigenvalue weighted by atomic mass is 16.3. The van der Waals surface area contributed by atoms with E-state index in [2.05, 4.69) is 15.4 Å². The third-order valence-corrected chi connectivity index (χ3v) is 5.91. The monoisotopic (exact) mass is 450 g/mol. The van der Waals surface area contributed by atoms with E-state index >= 15 is 0 Å². The molecule has 3 amide bonds. The molecule has 3 aliphatic heterocycles. The summed E-state index contributed by atoms with van der Waals surface area (Å²) < 4.78 is 7.19. The SMILES string of the molecule is CN1C(=O)N(CCn2ccc(C(=O)NC3CC3)n2)C2N=C3C(=C(c4ccco4)N=CN3N)N21. The number of aliphatic imine (C=N–C) groups is 2. The van der Waals surface area contributed by atoms with Gasteiger partial charge in [0.1, 0.15) is 23.4 Å². The highest BCUT2D eigenvalue weighted by molar-refractivity contribution is 6.12. The maximum atomic E-state index is 13.0. The van der Waals surface area contributed by atoms with Gasteiger partial charge in [0.2, 0.25) is 6.29 Å². The summed E-state index contributed by atoms with van der Waals surface area (Å²) in [6.07, 6.45) is 6.18. The van der Waals surface area contributed by atoms with Crippen LogP contribution in [0.2, 0.25) is 0 Å². The fourth-order valence-corrected chi connectivity index (χ4v) is 4.07. The number of amidine groups is 1. The number of fused-ring (bicyclic) bond motifs is 3. The third kappa shape index (κ3) is 3.16. The average molecular weight is 450 g/mol. The Labute approximate surface area is 188 Å². The molecule has 2 aromatic rings. The molecule has 13 heteroatoms. The van der Waals surface area contributed by atoms with Gasteiger partial charge in [-0.3, -0.25) is 14.4 Å². The van der Waals surface area contributed by atoms with Crippen molar-refractivity contribution in [3.8, 4) is 0 Å². The predicted molar refractivity (Wildman–Crippen MR) is 116 cm³/mol. The number of carbonyl (C=O) groups is 2. The molecule has 13 nitrogen and oxygen atoms in total. The molecule has 0 bridgehead atoms. The Kier molecular flexibility index (Phi) is 4.26. The van der Waals surface area contributed by atoms with Crippen LogP contribution < -0.4 is 11.2 Å². The second-order valence-electron chi connectivity index (χ2n) is 8.18. The van der Waals surface area contributed by atoms with Crippen LogP contribution in [0.15, 0.2) is 50.8 Å². The van der Waals surface area contributed by atoms with Gasteiger partial charge in [-0.15, -0.1) is 0 Å². The van der Waals surface area contributed by atoms with Gasteiger partial charge in [0.05, 0.1) is 12.8 Å². The van der Waals surface area contributed by atoms with Crippen LogP contribution in [0, 0.1) is 0 Å². The first-order valence-corrected chi connectivity index (χ1v) is 10.6. The van der Waals surface area contributed by atoms with Gasteiger partial charge in [-0.1, -0.05) is 0 Å². The Morgan fingerprint density at radius 3 is 2.91 bits per heavy atom. The zero-order valence-electron chi connectivity index (χ0n) is 17.8. The molecule has 1 saturated heterocycles. The predicted octanol–water partition coefficient (Wildman–Crippen LogP) is 0.235.